The van der Waals surface area contributed by atoms with Crippen molar-refractivity contribution in [2.75, 3.05) is 50.5 Å². The van der Waals surface area contributed by atoms with E-state index in [-0.39, 0.29) is 5.91 Å². The molecule has 5 rings (SSSR count). The van der Waals surface area contributed by atoms with Crippen LogP contribution in [0.25, 0.3) is 11.3 Å². The van der Waals surface area contributed by atoms with E-state index in [2.05, 4.69) is 69.8 Å². The average Bonchev–Trinajstić information content (AvgIpc) is 3.43. The number of hydrogen-bond donors (Lipinski definition) is 2. The van der Waals surface area contributed by atoms with Crippen LogP contribution in [0.15, 0.2) is 66.9 Å². The van der Waals surface area contributed by atoms with Gasteiger partial charge in [0.1, 0.15) is 5.75 Å². The zero-order valence-corrected chi connectivity index (χ0v) is 23.2. The lowest BCUT2D eigenvalue weighted by Crippen LogP contribution is -2.28. The first-order valence-corrected chi connectivity index (χ1v) is 13.8. The molecule has 8 heteroatoms. The van der Waals surface area contributed by atoms with Crippen LogP contribution >= 0.6 is 0 Å². The standard InChI is InChI=1S/C32H36N6O2/c1-3-8-31(39)38-15-12-24(23-38)21-34-27-17-25-18-28(20-27)35-32-33-13-11-30(36-32)26-9-7-10-29(19-26)40-16-6-4-5-14-37(2)22-25/h4-5,7,9-11,13,17-20,24,34H,6,12,14-16,21-23H2,1-2H3,(H,33,35,36)/b5-4+. The summed E-state index contributed by atoms with van der Waals surface area (Å²) in [4.78, 5) is 25.6. The van der Waals surface area contributed by atoms with Crippen molar-refractivity contribution in [1.82, 2.24) is 19.8 Å². The molecule has 206 valence electrons. The topological polar surface area (TPSA) is 82.6 Å². The molecule has 3 aromatic rings. The number of anilines is 3. The summed E-state index contributed by atoms with van der Waals surface area (Å²) >= 11 is 0. The molecule has 40 heavy (non-hydrogen) atoms. The van der Waals surface area contributed by atoms with Gasteiger partial charge in [0.15, 0.2) is 0 Å². The highest BCUT2D eigenvalue weighted by molar-refractivity contribution is 5.93. The molecular formula is C32H36N6O2. The Morgan fingerprint density at radius 3 is 3.02 bits per heavy atom. The van der Waals surface area contributed by atoms with Gasteiger partial charge in [-0.15, -0.1) is 0 Å². The second-order valence-corrected chi connectivity index (χ2v) is 10.3. The molecule has 6 bridgehead atoms. The number of likely N-dealkylation sites (tertiary alicyclic amines) is 1. The number of fused-ring (bicyclic) bond motifs is 7. The third-order valence-electron chi connectivity index (χ3n) is 7.02. The molecule has 0 spiro atoms. The number of hydrogen-bond acceptors (Lipinski definition) is 7. The van der Waals surface area contributed by atoms with Crippen molar-refractivity contribution in [2.24, 2.45) is 5.92 Å². The molecule has 1 saturated heterocycles. The summed E-state index contributed by atoms with van der Waals surface area (Å²) in [5.74, 6) is 7.03. The lowest BCUT2D eigenvalue weighted by Gasteiger charge is -2.19. The average molecular weight is 537 g/mol. The fourth-order valence-electron chi connectivity index (χ4n) is 5.04. The summed E-state index contributed by atoms with van der Waals surface area (Å²) in [6.07, 6.45) is 7.95. The molecular weight excluding hydrogens is 500 g/mol. The van der Waals surface area contributed by atoms with Crippen molar-refractivity contribution >= 4 is 23.2 Å². The van der Waals surface area contributed by atoms with Gasteiger partial charge in [-0.1, -0.05) is 30.2 Å². The first-order chi connectivity index (χ1) is 19.6. The molecule has 0 radical (unpaired) electrons. The molecule has 0 saturated carbocycles. The molecule has 1 unspecified atom stereocenters. The molecule has 3 heterocycles. The molecule has 2 aliphatic heterocycles. The largest absolute Gasteiger partial charge is 0.493 e. The van der Waals surface area contributed by atoms with Crippen LogP contribution in [0, 0.1) is 17.8 Å². The zero-order chi connectivity index (χ0) is 27.7. The van der Waals surface area contributed by atoms with Crippen LogP contribution in [-0.2, 0) is 11.3 Å². The van der Waals surface area contributed by atoms with E-state index in [1.807, 2.05) is 35.2 Å². The summed E-state index contributed by atoms with van der Waals surface area (Å²) in [6, 6.07) is 16.3. The third kappa shape index (κ3) is 7.39. The van der Waals surface area contributed by atoms with Crippen molar-refractivity contribution in [3.8, 4) is 28.8 Å². The molecule has 1 amide bonds. The normalized spacial score (nSPS) is 18.2. The monoisotopic (exact) mass is 536 g/mol. The minimum absolute atomic E-state index is 0.0805. The van der Waals surface area contributed by atoms with Gasteiger partial charge in [0.25, 0.3) is 5.91 Å². The van der Waals surface area contributed by atoms with Crippen LogP contribution in [0.4, 0.5) is 17.3 Å². The van der Waals surface area contributed by atoms with Crippen LogP contribution in [0.3, 0.4) is 0 Å². The van der Waals surface area contributed by atoms with E-state index >= 15 is 0 Å². The first-order valence-electron chi connectivity index (χ1n) is 13.8. The van der Waals surface area contributed by atoms with E-state index < -0.39 is 0 Å². The van der Waals surface area contributed by atoms with Gasteiger partial charge >= 0.3 is 0 Å². The Hall–Kier alpha value is -4.35. The van der Waals surface area contributed by atoms with Crippen LogP contribution in [0.1, 0.15) is 25.3 Å². The van der Waals surface area contributed by atoms with E-state index in [1.165, 1.54) is 5.56 Å². The van der Waals surface area contributed by atoms with Crippen molar-refractivity contribution < 1.29 is 9.53 Å². The number of likely N-dealkylation sites (N-methyl/N-ethyl adjacent to an activating group) is 1. The van der Waals surface area contributed by atoms with Gasteiger partial charge < -0.3 is 20.3 Å². The predicted molar refractivity (Wildman–Crippen MR) is 159 cm³/mol. The van der Waals surface area contributed by atoms with Crippen LogP contribution in [0.5, 0.6) is 5.75 Å². The van der Waals surface area contributed by atoms with Gasteiger partial charge in [-0.3, -0.25) is 9.69 Å². The summed E-state index contributed by atoms with van der Waals surface area (Å²) < 4.78 is 5.97. The van der Waals surface area contributed by atoms with E-state index in [1.54, 1.807) is 13.1 Å². The van der Waals surface area contributed by atoms with Crippen LogP contribution in [0.2, 0.25) is 0 Å². The fraction of sp³-hybridized carbons (Fsp3) is 0.344. The Bertz CT molecular complexity index is 1430. The number of amides is 1. The molecule has 0 aliphatic carbocycles. The van der Waals surface area contributed by atoms with Crippen molar-refractivity contribution in [2.45, 2.75) is 26.3 Å². The second kappa shape index (κ2) is 13.1. The first kappa shape index (κ1) is 27.2. The number of carbonyl (C=O) groups excluding carboxylic acids is 1. The Balaban J connectivity index is 1.37. The van der Waals surface area contributed by atoms with Gasteiger partial charge in [-0.2, -0.15) is 0 Å². The summed E-state index contributed by atoms with van der Waals surface area (Å²) in [7, 11) is 2.12. The summed E-state index contributed by atoms with van der Waals surface area (Å²) in [5.41, 5.74) is 4.93. The lowest BCUT2D eigenvalue weighted by molar-refractivity contribution is -0.124. The highest BCUT2D eigenvalue weighted by Crippen LogP contribution is 2.27. The van der Waals surface area contributed by atoms with E-state index in [0.717, 1.165) is 73.9 Å². The Morgan fingerprint density at radius 2 is 2.12 bits per heavy atom. The number of rotatable bonds is 3. The third-order valence-corrected chi connectivity index (χ3v) is 7.02. The SMILES string of the molecule is CC#CC(=O)N1CCC(CNc2cc3cc(c2)Nc2nccc(n2)-c2cccc(c2)OCC/C=C/CN(C)C3)C1. The Labute approximate surface area is 236 Å². The Kier molecular flexibility index (Phi) is 8.94. The molecule has 1 atom stereocenters. The number of benzene rings is 2. The Morgan fingerprint density at radius 1 is 1.20 bits per heavy atom. The maximum Gasteiger partial charge on any atom is 0.298 e. The molecule has 2 aliphatic rings. The number of nitrogens with one attached hydrogen (secondary N) is 2. The van der Waals surface area contributed by atoms with E-state index in [4.69, 9.17) is 9.72 Å². The zero-order valence-electron chi connectivity index (χ0n) is 23.2. The van der Waals surface area contributed by atoms with Crippen molar-refractivity contribution in [3.05, 3.63) is 72.4 Å². The maximum absolute atomic E-state index is 12.2. The van der Waals surface area contributed by atoms with Crippen molar-refractivity contribution in [1.29, 1.82) is 0 Å². The van der Waals surface area contributed by atoms with Crippen molar-refractivity contribution in [3.63, 3.8) is 0 Å². The van der Waals surface area contributed by atoms with Gasteiger partial charge in [-0.25, -0.2) is 9.97 Å². The van der Waals surface area contributed by atoms with Crippen LogP contribution in [-0.4, -0.2) is 65.5 Å². The van der Waals surface area contributed by atoms with Gasteiger partial charge in [-0.05, 0) is 80.6 Å². The molecule has 1 aromatic heterocycles. The van der Waals surface area contributed by atoms with E-state index in [0.29, 0.717) is 18.5 Å². The fourth-order valence-corrected chi connectivity index (χ4v) is 5.04. The lowest BCUT2D eigenvalue weighted by atomic mass is 10.1. The maximum atomic E-state index is 12.2. The molecule has 1 fully saturated rings. The second-order valence-electron chi connectivity index (χ2n) is 10.3. The summed E-state index contributed by atoms with van der Waals surface area (Å²) in [5, 5.41) is 7.04. The smallest absolute Gasteiger partial charge is 0.298 e. The van der Waals surface area contributed by atoms with Gasteiger partial charge in [0, 0.05) is 55.9 Å². The highest BCUT2D eigenvalue weighted by Gasteiger charge is 2.25. The molecule has 2 aromatic carbocycles. The number of ether oxygens (including phenoxy) is 1. The molecule has 2 N–H and O–H groups in total. The van der Waals surface area contributed by atoms with Crippen LogP contribution < -0.4 is 15.4 Å². The molecule has 8 nitrogen and oxygen atoms in total. The quantitative estimate of drug-likeness (QED) is 0.362. The number of nitrogens with zero attached hydrogens (tertiary/aromatic N) is 4. The van der Waals surface area contributed by atoms with Gasteiger partial charge in [0.2, 0.25) is 5.95 Å². The van der Waals surface area contributed by atoms with Gasteiger partial charge in [0.05, 0.1) is 12.3 Å². The highest BCUT2D eigenvalue weighted by atomic mass is 16.5. The predicted octanol–water partition coefficient (Wildman–Crippen LogP) is 4.94. The number of carbonyl (C=O) groups is 1. The minimum Gasteiger partial charge on any atom is -0.493 e. The van der Waals surface area contributed by atoms with E-state index in [9.17, 15) is 4.79 Å². The number of aromatic nitrogens is 2. The minimum atomic E-state index is -0.0805. The summed E-state index contributed by atoms with van der Waals surface area (Å²) in [6.45, 7) is 6.22.